The summed E-state index contributed by atoms with van der Waals surface area (Å²) >= 11 is 5.65. The van der Waals surface area contributed by atoms with E-state index in [0.29, 0.717) is 53.2 Å². The van der Waals surface area contributed by atoms with Gasteiger partial charge in [0.15, 0.2) is 6.61 Å². The van der Waals surface area contributed by atoms with Crippen LogP contribution in [0.15, 0.2) is 62.8 Å². The number of nitrogens with zero attached hydrogens (tertiary/aromatic N) is 2. The van der Waals surface area contributed by atoms with E-state index in [1.54, 1.807) is 41.3 Å². The van der Waals surface area contributed by atoms with Crippen LogP contribution >= 0.6 is 39.0 Å². The maximum Gasteiger partial charge on any atom is 0.305 e. The van der Waals surface area contributed by atoms with Crippen molar-refractivity contribution in [2.45, 2.75) is 16.2 Å². The topological polar surface area (TPSA) is 109 Å². The normalized spacial score (nSPS) is 22.8. The Balaban J connectivity index is 1.36. The van der Waals surface area contributed by atoms with Crippen molar-refractivity contribution in [3.05, 3.63) is 73.1 Å². The number of carbonyl (C=O) groups is 3. The summed E-state index contributed by atoms with van der Waals surface area (Å²) in [5.41, 5.74) is 1.15. The van der Waals surface area contributed by atoms with Crippen LogP contribution in [-0.4, -0.2) is 65.8 Å². The SMILES string of the molecule is O=C(COc1ccccc1[C@@H]1c2sc(=O)[nH]c2S[C@H]2C(=O)N(c3ccc(Br)cc3)C(=O)[C@@H]12)N1CCOCC1. The molecule has 3 aliphatic heterocycles. The van der Waals surface area contributed by atoms with Gasteiger partial charge in [-0.1, -0.05) is 57.2 Å². The standard InChI is InChI=1S/C26H22BrN3O6S2/c27-14-5-7-15(8-6-14)30-24(32)20-19(21-23(28-26(34)38-21)37-22(20)25(30)33)16-3-1-2-4-17(16)36-13-18(31)29-9-11-35-12-10-29/h1-8,19-20,22H,9-13H2,(H,28,34)/t19-,20-,22+/m0/s1. The molecule has 0 bridgehead atoms. The molecular formula is C26H22BrN3O6S2. The van der Waals surface area contributed by atoms with Crippen molar-refractivity contribution < 1.29 is 23.9 Å². The zero-order chi connectivity index (χ0) is 26.4. The Morgan fingerprint density at radius 2 is 1.79 bits per heavy atom. The Labute approximate surface area is 234 Å². The van der Waals surface area contributed by atoms with E-state index in [0.717, 1.165) is 15.8 Å². The van der Waals surface area contributed by atoms with Crippen molar-refractivity contribution in [3.63, 3.8) is 0 Å². The first-order chi connectivity index (χ1) is 18.4. The lowest BCUT2D eigenvalue weighted by Crippen LogP contribution is -2.43. The molecular weight excluding hydrogens is 594 g/mol. The number of hydrogen-bond donors (Lipinski definition) is 1. The number of anilines is 1. The number of H-pyrrole nitrogens is 1. The molecule has 2 aromatic carbocycles. The molecule has 9 nitrogen and oxygen atoms in total. The van der Waals surface area contributed by atoms with E-state index in [1.165, 1.54) is 16.7 Å². The summed E-state index contributed by atoms with van der Waals surface area (Å²) < 4.78 is 12.2. The van der Waals surface area contributed by atoms with Crippen molar-refractivity contribution in [1.29, 1.82) is 0 Å². The van der Waals surface area contributed by atoms with Crippen molar-refractivity contribution in [2.75, 3.05) is 37.8 Å². The van der Waals surface area contributed by atoms with Gasteiger partial charge < -0.3 is 19.4 Å². The molecule has 3 amide bonds. The number of benzene rings is 2. The van der Waals surface area contributed by atoms with Crippen LogP contribution in [0.25, 0.3) is 0 Å². The molecule has 2 fully saturated rings. The van der Waals surface area contributed by atoms with Gasteiger partial charge in [0.05, 0.1) is 29.8 Å². The molecule has 0 radical (unpaired) electrons. The minimum Gasteiger partial charge on any atom is -0.483 e. The van der Waals surface area contributed by atoms with Crippen molar-refractivity contribution in [1.82, 2.24) is 9.88 Å². The smallest absolute Gasteiger partial charge is 0.305 e. The number of morpholine rings is 1. The highest BCUT2D eigenvalue weighted by Crippen LogP contribution is 2.54. The monoisotopic (exact) mass is 615 g/mol. The molecule has 3 atom stereocenters. The molecule has 196 valence electrons. The molecule has 0 aliphatic carbocycles. The molecule has 6 rings (SSSR count). The van der Waals surface area contributed by atoms with Gasteiger partial charge in [-0.2, -0.15) is 0 Å². The molecule has 4 heterocycles. The van der Waals surface area contributed by atoms with Crippen LogP contribution in [0.1, 0.15) is 16.4 Å². The fraction of sp³-hybridized carbons (Fsp3) is 0.308. The van der Waals surface area contributed by atoms with E-state index in [-0.39, 0.29) is 29.2 Å². The van der Waals surface area contributed by atoms with E-state index in [4.69, 9.17) is 9.47 Å². The van der Waals surface area contributed by atoms with Gasteiger partial charge in [-0.3, -0.25) is 19.2 Å². The Hall–Kier alpha value is -2.93. The highest BCUT2D eigenvalue weighted by molar-refractivity contribution is 9.10. The van der Waals surface area contributed by atoms with Gasteiger partial charge in [0.25, 0.3) is 5.91 Å². The molecule has 1 N–H and O–H groups in total. The second kappa shape index (κ2) is 10.3. The highest BCUT2D eigenvalue weighted by atomic mass is 79.9. The Bertz CT molecular complexity index is 1470. The van der Waals surface area contributed by atoms with Crippen LogP contribution in [0.4, 0.5) is 5.69 Å². The largest absolute Gasteiger partial charge is 0.483 e. The lowest BCUT2D eigenvalue weighted by atomic mass is 9.82. The number of aromatic amines is 1. The highest BCUT2D eigenvalue weighted by Gasteiger charge is 2.56. The maximum absolute atomic E-state index is 13.9. The lowest BCUT2D eigenvalue weighted by Gasteiger charge is -2.31. The molecule has 0 spiro atoms. The molecule has 3 aliphatic rings. The van der Waals surface area contributed by atoms with E-state index < -0.39 is 17.1 Å². The van der Waals surface area contributed by atoms with Crippen LogP contribution in [0.2, 0.25) is 0 Å². The predicted molar refractivity (Wildman–Crippen MR) is 146 cm³/mol. The van der Waals surface area contributed by atoms with Crippen molar-refractivity contribution in [3.8, 4) is 5.75 Å². The first-order valence-electron chi connectivity index (χ1n) is 12.0. The summed E-state index contributed by atoms with van der Waals surface area (Å²) in [6.07, 6.45) is 0. The second-order valence-corrected chi connectivity index (χ2v) is 12.1. The van der Waals surface area contributed by atoms with Gasteiger partial charge in [0, 0.05) is 33.9 Å². The Kier molecular flexibility index (Phi) is 6.89. The third-order valence-electron chi connectivity index (χ3n) is 6.88. The fourth-order valence-corrected chi connectivity index (χ4v) is 7.88. The first kappa shape index (κ1) is 25.4. The minimum absolute atomic E-state index is 0.152. The number of thiazole rings is 1. The van der Waals surface area contributed by atoms with E-state index in [9.17, 15) is 19.2 Å². The summed E-state index contributed by atoms with van der Waals surface area (Å²) in [6.45, 7) is 1.84. The molecule has 12 heteroatoms. The molecule has 0 saturated carbocycles. The van der Waals surface area contributed by atoms with E-state index in [1.807, 2.05) is 12.1 Å². The van der Waals surface area contributed by atoms with Crippen molar-refractivity contribution >= 4 is 62.4 Å². The van der Waals surface area contributed by atoms with Gasteiger partial charge in [-0.15, -0.1) is 0 Å². The second-order valence-electron chi connectivity index (χ2n) is 9.06. The number of hydrogen-bond acceptors (Lipinski definition) is 8. The molecule has 3 aromatic rings. The van der Waals surface area contributed by atoms with Crippen LogP contribution in [-0.2, 0) is 19.1 Å². The summed E-state index contributed by atoms with van der Waals surface area (Å²) in [7, 11) is 0. The van der Waals surface area contributed by atoms with Gasteiger partial charge >= 0.3 is 4.87 Å². The van der Waals surface area contributed by atoms with Gasteiger partial charge in [0.2, 0.25) is 11.8 Å². The Morgan fingerprint density at radius 1 is 1.05 bits per heavy atom. The number of nitrogens with one attached hydrogen (secondary N) is 1. The summed E-state index contributed by atoms with van der Waals surface area (Å²) in [5.74, 6) is -1.69. The Morgan fingerprint density at radius 3 is 2.55 bits per heavy atom. The molecule has 38 heavy (non-hydrogen) atoms. The number of aromatic nitrogens is 1. The fourth-order valence-electron chi connectivity index (χ4n) is 5.11. The van der Waals surface area contributed by atoms with Crippen LogP contribution in [0.5, 0.6) is 5.75 Å². The average Bonchev–Trinajstić information content (AvgIpc) is 3.43. The molecule has 0 unspecified atom stereocenters. The number of halogens is 1. The first-order valence-corrected chi connectivity index (χ1v) is 14.5. The van der Waals surface area contributed by atoms with E-state index in [2.05, 4.69) is 20.9 Å². The van der Waals surface area contributed by atoms with Crippen molar-refractivity contribution in [2.24, 2.45) is 5.92 Å². The van der Waals surface area contributed by atoms with Gasteiger partial charge in [-0.25, -0.2) is 4.90 Å². The summed E-state index contributed by atoms with van der Waals surface area (Å²) in [6, 6.07) is 14.2. The molecule has 2 saturated heterocycles. The van der Waals surface area contributed by atoms with Crippen LogP contribution in [0, 0.1) is 5.92 Å². The zero-order valence-electron chi connectivity index (χ0n) is 19.9. The quantitative estimate of drug-likeness (QED) is 0.439. The number of ether oxygens (including phenoxy) is 2. The van der Waals surface area contributed by atoms with Crippen LogP contribution < -0.4 is 14.5 Å². The zero-order valence-corrected chi connectivity index (χ0v) is 23.1. The number of para-hydroxylation sites is 1. The number of rotatable bonds is 5. The van der Waals surface area contributed by atoms with Gasteiger partial charge in [0.1, 0.15) is 11.0 Å². The maximum atomic E-state index is 13.9. The number of thioether (sulfide) groups is 1. The minimum atomic E-state index is -0.741. The number of carbonyl (C=O) groups excluding carboxylic acids is 3. The number of fused-ring (bicyclic) bond motifs is 2. The molecule has 1 aromatic heterocycles. The average molecular weight is 617 g/mol. The van der Waals surface area contributed by atoms with Crippen LogP contribution in [0.3, 0.4) is 0 Å². The van der Waals surface area contributed by atoms with Gasteiger partial charge in [-0.05, 0) is 30.3 Å². The number of imide groups is 1. The summed E-state index contributed by atoms with van der Waals surface area (Å²) in [5, 5.41) is -0.124. The predicted octanol–water partition coefficient (Wildman–Crippen LogP) is 3.23. The number of amides is 3. The lowest BCUT2D eigenvalue weighted by molar-refractivity contribution is -0.137. The third-order valence-corrected chi connectivity index (χ3v) is 9.81. The summed E-state index contributed by atoms with van der Waals surface area (Å²) in [4.78, 5) is 58.9. The van der Waals surface area contributed by atoms with E-state index >= 15 is 0 Å². The third kappa shape index (κ3) is 4.49.